The number of carbonyl (C=O) groups is 3. The molecule has 1 aliphatic heterocycles. The smallest absolute Gasteiger partial charge is 0.339 e. The third-order valence-corrected chi connectivity index (χ3v) is 3.94. The highest BCUT2D eigenvalue weighted by Crippen LogP contribution is 2.34. The van der Waals surface area contributed by atoms with E-state index in [2.05, 4.69) is 10.6 Å². The van der Waals surface area contributed by atoms with Crippen LogP contribution in [-0.4, -0.2) is 24.9 Å². The molecule has 1 aliphatic rings. The number of fused-ring (bicyclic) bond motifs is 1. The van der Waals surface area contributed by atoms with Crippen molar-refractivity contribution < 1.29 is 23.9 Å². The van der Waals surface area contributed by atoms with Crippen molar-refractivity contribution in [2.24, 2.45) is 0 Å². The topological polar surface area (TPSA) is 93.7 Å². The Morgan fingerprint density at radius 2 is 1.92 bits per heavy atom. The Bertz CT molecular complexity index is 878. The number of methoxy groups -OCH3 is 1. The SMILES string of the molecule is COc1ccc(NC(C)=O)cc1NC(=O)CC1OC(=O)c2ccccc21. The number of cyclic esters (lactones) is 1. The average molecular weight is 354 g/mol. The summed E-state index contributed by atoms with van der Waals surface area (Å²) in [5.41, 5.74) is 2.13. The maximum Gasteiger partial charge on any atom is 0.339 e. The van der Waals surface area contributed by atoms with Crippen LogP contribution < -0.4 is 15.4 Å². The van der Waals surface area contributed by atoms with E-state index in [4.69, 9.17) is 9.47 Å². The van der Waals surface area contributed by atoms with Gasteiger partial charge in [-0.05, 0) is 24.3 Å². The van der Waals surface area contributed by atoms with Gasteiger partial charge in [-0.1, -0.05) is 18.2 Å². The number of nitrogens with one attached hydrogen (secondary N) is 2. The van der Waals surface area contributed by atoms with Crippen molar-refractivity contribution in [3.8, 4) is 5.75 Å². The zero-order valence-electron chi connectivity index (χ0n) is 14.4. The largest absolute Gasteiger partial charge is 0.495 e. The number of ether oxygens (including phenoxy) is 2. The lowest BCUT2D eigenvalue weighted by Crippen LogP contribution is -2.16. The summed E-state index contributed by atoms with van der Waals surface area (Å²) in [6.07, 6.45) is -0.640. The van der Waals surface area contributed by atoms with Crippen LogP contribution in [0.25, 0.3) is 0 Å². The molecule has 1 heterocycles. The minimum absolute atomic E-state index is 0.0176. The summed E-state index contributed by atoms with van der Waals surface area (Å²) in [7, 11) is 1.48. The Morgan fingerprint density at radius 1 is 1.15 bits per heavy atom. The van der Waals surface area contributed by atoms with Gasteiger partial charge in [-0.3, -0.25) is 9.59 Å². The molecular formula is C19H18N2O5. The fraction of sp³-hybridized carbons (Fsp3) is 0.211. The molecule has 0 bridgehead atoms. The van der Waals surface area contributed by atoms with Crippen molar-refractivity contribution in [2.75, 3.05) is 17.7 Å². The molecule has 26 heavy (non-hydrogen) atoms. The van der Waals surface area contributed by atoms with Gasteiger partial charge in [0.05, 0.1) is 24.8 Å². The first kappa shape index (κ1) is 17.5. The molecular weight excluding hydrogens is 336 g/mol. The highest BCUT2D eigenvalue weighted by molar-refractivity contribution is 5.97. The van der Waals surface area contributed by atoms with E-state index in [0.29, 0.717) is 28.3 Å². The highest BCUT2D eigenvalue weighted by Gasteiger charge is 2.32. The van der Waals surface area contributed by atoms with E-state index in [9.17, 15) is 14.4 Å². The van der Waals surface area contributed by atoms with Crippen LogP contribution in [0.15, 0.2) is 42.5 Å². The number of anilines is 2. The van der Waals surface area contributed by atoms with Gasteiger partial charge in [0.15, 0.2) is 0 Å². The molecule has 7 heteroatoms. The van der Waals surface area contributed by atoms with Crippen LogP contribution in [0.3, 0.4) is 0 Å². The summed E-state index contributed by atoms with van der Waals surface area (Å²) in [4.78, 5) is 35.5. The van der Waals surface area contributed by atoms with Gasteiger partial charge in [-0.15, -0.1) is 0 Å². The van der Waals surface area contributed by atoms with Crippen LogP contribution >= 0.6 is 0 Å². The maximum absolute atomic E-state index is 12.4. The molecule has 2 amide bonds. The zero-order chi connectivity index (χ0) is 18.7. The van der Waals surface area contributed by atoms with E-state index in [1.807, 2.05) is 0 Å². The number of hydrogen-bond acceptors (Lipinski definition) is 5. The van der Waals surface area contributed by atoms with E-state index in [-0.39, 0.29) is 18.2 Å². The van der Waals surface area contributed by atoms with Gasteiger partial charge in [0, 0.05) is 18.2 Å². The third kappa shape index (κ3) is 3.66. The lowest BCUT2D eigenvalue weighted by Gasteiger charge is -2.14. The van der Waals surface area contributed by atoms with E-state index < -0.39 is 12.1 Å². The quantitative estimate of drug-likeness (QED) is 0.805. The summed E-state index contributed by atoms with van der Waals surface area (Å²) in [5, 5.41) is 5.39. The Hall–Kier alpha value is -3.35. The first-order valence-corrected chi connectivity index (χ1v) is 8.03. The summed E-state index contributed by atoms with van der Waals surface area (Å²) >= 11 is 0. The van der Waals surface area contributed by atoms with E-state index >= 15 is 0 Å². The van der Waals surface area contributed by atoms with E-state index in [1.54, 1.807) is 42.5 Å². The predicted molar refractivity (Wildman–Crippen MR) is 95.1 cm³/mol. The number of carbonyl (C=O) groups excluding carboxylic acids is 3. The van der Waals surface area contributed by atoms with Crippen molar-refractivity contribution in [3.63, 3.8) is 0 Å². The minimum atomic E-state index is -0.622. The molecule has 0 aliphatic carbocycles. The fourth-order valence-electron chi connectivity index (χ4n) is 2.83. The van der Waals surface area contributed by atoms with Crippen molar-refractivity contribution >= 4 is 29.2 Å². The number of benzene rings is 2. The van der Waals surface area contributed by atoms with Crippen LogP contribution in [0.5, 0.6) is 5.75 Å². The second-order valence-corrected chi connectivity index (χ2v) is 5.83. The number of amides is 2. The van der Waals surface area contributed by atoms with Gasteiger partial charge < -0.3 is 20.1 Å². The normalized spacial score (nSPS) is 15.0. The van der Waals surface area contributed by atoms with Crippen LogP contribution in [0.1, 0.15) is 35.4 Å². The average Bonchev–Trinajstić information content (AvgIpc) is 2.91. The van der Waals surface area contributed by atoms with E-state index in [0.717, 1.165) is 0 Å². The summed E-state index contributed by atoms with van der Waals surface area (Å²) in [6, 6.07) is 11.9. The lowest BCUT2D eigenvalue weighted by atomic mass is 10.0. The molecule has 0 saturated heterocycles. The van der Waals surface area contributed by atoms with Gasteiger partial charge in [0.25, 0.3) is 0 Å². The first-order chi connectivity index (χ1) is 12.5. The van der Waals surface area contributed by atoms with Crippen LogP contribution in [0.4, 0.5) is 11.4 Å². The lowest BCUT2D eigenvalue weighted by molar-refractivity contribution is -0.118. The molecule has 1 unspecified atom stereocenters. The minimum Gasteiger partial charge on any atom is -0.495 e. The monoisotopic (exact) mass is 354 g/mol. The summed E-state index contributed by atoms with van der Waals surface area (Å²) in [6.45, 7) is 1.40. The molecule has 0 fully saturated rings. The molecule has 1 atom stereocenters. The van der Waals surface area contributed by atoms with Gasteiger partial charge >= 0.3 is 5.97 Å². The highest BCUT2D eigenvalue weighted by atomic mass is 16.5. The van der Waals surface area contributed by atoms with Crippen LogP contribution in [0, 0.1) is 0 Å². The first-order valence-electron chi connectivity index (χ1n) is 8.03. The molecule has 2 N–H and O–H groups in total. The van der Waals surface area contributed by atoms with Crippen molar-refractivity contribution in [1.82, 2.24) is 0 Å². The number of hydrogen-bond donors (Lipinski definition) is 2. The zero-order valence-corrected chi connectivity index (χ0v) is 14.4. The van der Waals surface area contributed by atoms with Gasteiger partial charge in [0.2, 0.25) is 11.8 Å². The fourth-order valence-corrected chi connectivity index (χ4v) is 2.83. The number of esters is 1. The van der Waals surface area contributed by atoms with Crippen molar-refractivity contribution in [3.05, 3.63) is 53.6 Å². The second kappa shape index (κ2) is 7.26. The molecule has 7 nitrogen and oxygen atoms in total. The molecule has 134 valence electrons. The Kier molecular flexibility index (Phi) is 4.88. The molecule has 2 aromatic carbocycles. The predicted octanol–water partition coefficient (Wildman–Crippen LogP) is 2.89. The van der Waals surface area contributed by atoms with Crippen LogP contribution in [0.2, 0.25) is 0 Å². The maximum atomic E-state index is 12.4. The second-order valence-electron chi connectivity index (χ2n) is 5.83. The van der Waals surface area contributed by atoms with E-state index in [1.165, 1.54) is 14.0 Å². The Balaban J connectivity index is 1.74. The third-order valence-electron chi connectivity index (χ3n) is 3.94. The molecule has 0 spiro atoms. The van der Waals surface area contributed by atoms with Crippen LogP contribution in [-0.2, 0) is 14.3 Å². The standard InChI is InChI=1S/C19H18N2O5/c1-11(22)20-12-7-8-16(25-2)15(9-12)21-18(23)10-17-13-5-3-4-6-14(13)19(24)26-17/h3-9,17H,10H2,1-2H3,(H,20,22)(H,21,23). The van der Waals surface area contributed by atoms with Gasteiger partial charge in [-0.2, -0.15) is 0 Å². The summed E-state index contributed by atoms with van der Waals surface area (Å²) in [5.74, 6) is -0.528. The molecule has 2 aromatic rings. The van der Waals surface area contributed by atoms with Gasteiger partial charge in [0.1, 0.15) is 11.9 Å². The molecule has 0 aromatic heterocycles. The number of rotatable bonds is 5. The Labute approximate surface area is 150 Å². The van der Waals surface area contributed by atoms with Gasteiger partial charge in [-0.25, -0.2) is 4.79 Å². The van der Waals surface area contributed by atoms with Crippen molar-refractivity contribution in [1.29, 1.82) is 0 Å². The molecule has 3 rings (SSSR count). The molecule has 0 saturated carbocycles. The summed E-state index contributed by atoms with van der Waals surface area (Å²) < 4.78 is 10.5. The Morgan fingerprint density at radius 3 is 2.65 bits per heavy atom. The molecule has 0 radical (unpaired) electrons. The van der Waals surface area contributed by atoms with Crippen molar-refractivity contribution in [2.45, 2.75) is 19.4 Å².